The number of nitrogens with two attached hydrogens (primary N) is 1. The molecule has 0 bridgehead atoms. The van der Waals surface area contributed by atoms with Crippen molar-refractivity contribution in [2.75, 3.05) is 6.54 Å². The Morgan fingerprint density at radius 3 is 2.32 bits per heavy atom. The van der Waals surface area contributed by atoms with E-state index in [-0.39, 0.29) is 24.5 Å². The Balaban J connectivity index is 1.84. The van der Waals surface area contributed by atoms with Crippen LogP contribution in [0.25, 0.3) is 0 Å². The van der Waals surface area contributed by atoms with Gasteiger partial charge in [0.1, 0.15) is 12.6 Å². The Morgan fingerprint density at radius 1 is 1.07 bits per heavy atom. The predicted octanol–water partition coefficient (Wildman–Crippen LogP) is 1.44. The van der Waals surface area contributed by atoms with Gasteiger partial charge in [-0.3, -0.25) is 4.79 Å². The second-order valence-corrected chi connectivity index (χ2v) is 7.93. The van der Waals surface area contributed by atoms with Crippen molar-refractivity contribution in [1.29, 1.82) is 0 Å². The van der Waals surface area contributed by atoms with Gasteiger partial charge >= 0.3 is 6.09 Å². The molecular weight excluding hydrogens is 382 g/mol. The van der Waals surface area contributed by atoms with E-state index < -0.39 is 28.1 Å². The number of nitrogens with one attached hydrogen (secondary N) is 2. The Labute approximate surface area is 164 Å². The lowest BCUT2D eigenvalue weighted by Gasteiger charge is -2.16. The molecule has 0 aromatic heterocycles. The summed E-state index contributed by atoms with van der Waals surface area (Å²) < 4.78 is 31.9. The zero-order valence-corrected chi connectivity index (χ0v) is 16.2. The lowest BCUT2D eigenvalue weighted by molar-refractivity contribution is -0.120. The monoisotopic (exact) mass is 405 g/mol. The van der Waals surface area contributed by atoms with Crippen LogP contribution in [0.1, 0.15) is 17.5 Å². The van der Waals surface area contributed by atoms with Crippen LogP contribution in [0, 0.1) is 6.92 Å². The van der Waals surface area contributed by atoms with Crippen LogP contribution in [0.3, 0.4) is 0 Å². The Morgan fingerprint density at radius 2 is 1.71 bits per heavy atom. The first-order chi connectivity index (χ1) is 13.3. The van der Waals surface area contributed by atoms with Crippen LogP contribution in [0.5, 0.6) is 0 Å². The molecule has 0 aliphatic heterocycles. The van der Waals surface area contributed by atoms with Crippen molar-refractivity contribution in [3.63, 3.8) is 0 Å². The number of hydrogen-bond donors (Lipinski definition) is 3. The van der Waals surface area contributed by atoms with Crippen molar-refractivity contribution in [3.05, 3.63) is 65.7 Å². The fourth-order valence-electron chi connectivity index (χ4n) is 2.33. The van der Waals surface area contributed by atoms with Crippen molar-refractivity contribution in [1.82, 2.24) is 10.0 Å². The zero-order valence-electron chi connectivity index (χ0n) is 15.4. The number of rotatable bonds is 9. The van der Waals surface area contributed by atoms with Crippen LogP contribution in [-0.4, -0.2) is 33.0 Å². The maximum atomic E-state index is 12.2. The van der Waals surface area contributed by atoms with Crippen LogP contribution < -0.4 is 15.8 Å². The Hall–Kier alpha value is -2.91. The van der Waals surface area contributed by atoms with Crippen molar-refractivity contribution in [3.8, 4) is 0 Å². The second-order valence-electron chi connectivity index (χ2n) is 6.16. The standard InChI is InChI=1S/C19H23N3O5S/c1-14-7-9-16(10-8-14)28(25,26)21-12-11-17(18(20)23)22-19(24)27-13-15-5-3-2-4-6-15/h2-10,17,21H,11-13H2,1H3,(H2,20,23)(H,22,24)/t17-/m0/s1. The molecule has 2 rings (SSSR count). The minimum absolute atomic E-state index is 0.0130. The molecule has 0 unspecified atom stereocenters. The topological polar surface area (TPSA) is 128 Å². The van der Waals surface area contributed by atoms with Crippen LogP contribution in [0.4, 0.5) is 4.79 Å². The van der Waals surface area contributed by atoms with E-state index in [1.165, 1.54) is 12.1 Å². The van der Waals surface area contributed by atoms with Crippen LogP contribution in [0.15, 0.2) is 59.5 Å². The highest BCUT2D eigenvalue weighted by molar-refractivity contribution is 7.89. The van der Waals surface area contributed by atoms with Gasteiger partial charge in [-0.1, -0.05) is 48.0 Å². The summed E-state index contributed by atoms with van der Waals surface area (Å²) in [5, 5.41) is 2.35. The number of aryl methyl sites for hydroxylation is 1. The van der Waals surface area contributed by atoms with Gasteiger partial charge in [0.15, 0.2) is 0 Å². The average molecular weight is 405 g/mol. The number of amides is 2. The van der Waals surface area contributed by atoms with Gasteiger partial charge in [0.25, 0.3) is 0 Å². The highest BCUT2D eigenvalue weighted by Gasteiger charge is 2.20. The van der Waals surface area contributed by atoms with E-state index in [2.05, 4.69) is 10.0 Å². The van der Waals surface area contributed by atoms with E-state index >= 15 is 0 Å². The summed E-state index contributed by atoms with van der Waals surface area (Å²) in [4.78, 5) is 23.5. The lowest BCUT2D eigenvalue weighted by atomic mass is 10.2. The van der Waals surface area contributed by atoms with Gasteiger partial charge in [-0.05, 0) is 31.0 Å². The third kappa shape index (κ3) is 6.67. The Bertz CT molecular complexity index is 899. The lowest BCUT2D eigenvalue weighted by Crippen LogP contribution is -2.46. The molecule has 0 saturated heterocycles. The predicted molar refractivity (Wildman–Crippen MR) is 104 cm³/mol. The fourth-order valence-corrected chi connectivity index (χ4v) is 3.38. The van der Waals surface area contributed by atoms with Crippen LogP contribution >= 0.6 is 0 Å². The average Bonchev–Trinajstić information content (AvgIpc) is 2.66. The van der Waals surface area contributed by atoms with Gasteiger partial charge in [0.2, 0.25) is 15.9 Å². The maximum Gasteiger partial charge on any atom is 0.408 e. The number of sulfonamides is 1. The Kier molecular flexibility index (Phi) is 7.53. The van der Waals surface area contributed by atoms with Gasteiger partial charge in [-0.2, -0.15) is 0 Å². The molecule has 28 heavy (non-hydrogen) atoms. The van der Waals surface area contributed by atoms with E-state index in [0.717, 1.165) is 11.1 Å². The molecule has 0 spiro atoms. The molecule has 0 saturated carbocycles. The smallest absolute Gasteiger partial charge is 0.408 e. The zero-order chi connectivity index (χ0) is 20.6. The molecule has 0 aliphatic rings. The first kappa shape index (κ1) is 21.4. The third-order valence-corrected chi connectivity index (χ3v) is 5.38. The minimum atomic E-state index is -3.72. The van der Waals surface area contributed by atoms with Gasteiger partial charge in [-0.15, -0.1) is 0 Å². The van der Waals surface area contributed by atoms with Gasteiger partial charge in [0, 0.05) is 6.54 Å². The van der Waals surface area contributed by atoms with E-state index in [4.69, 9.17) is 10.5 Å². The van der Waals surface area contributed by atoms with Crippen LogP contribution in [-0.2, 0) is 26.2 Å². The van der Waals surface area contributed by atoms with Crippen molar-refractivity contribution < 1.29 is 22.7 Å². The van der Waals surface area contributed by atoms with E-state index in [9.17, 15) is 18.0 Å². The number of ether oxygens (including phenoxy) is 1. The number of alkyl carbamates (subject to hydrolysis) is 1. The molecule has 2 aromatic rings. The molecule has 0 radical (unpaired) electrons. The van der Waals surface area contributed by atoms with Gasteiger partial charge < -0.3 is 15.8 Å². The number of carbonyl (C=O) groups is 2. The van der Waals surface area contributed by atoms with Gasteiger partial charge in [-0.25, -0.2) is 17.9 Å². The fraction of sp³-hybridized carbons (Fsp3) is 0.263. The molecule has 0 aliphatic carbocycles. The number of hydrogen-bond acceptors (Lipinski definition) is 5. The molecule has 0 fully saturated rings. The van der Waals surface area contributed by atoms with E-state index in [1.807, 2.05) is 25.1 Å². The SMILES string of the molecule is Cc1ccc(S(=O)(=O)NCC[C@H](NC(=O)OCc2ccccc2)C(N)=O)cc1. The molecule has 8 nitrogen and oxygen atoms in total. The number of primary amides is 1. The van der Waals surface area contributed by atoms with Crippen LogP contribution in [0.2, 0.25) is 0 Å². The quantitative estimate of drug-likeness (QED) is 0.582. The molecule has 150 valence electrons. The molecular formula is C19H23N3O5S. The van der Waals surface area contributed by atoms with E-state index in [1.54, 1.807) is 24.3 Å². The summed E-state index contributed by atoms with van der Waals surface area (Å²) in [6.07, 6.45) is -0.824. The summed E-state index contributed by atoms with van der Waals surface area (Å²) in [5.41, 5.74) is 7.01. The second kappa shape index (κ2) is 9.86. The third-order valence-electron chi connectivity index (χ3n) is 3.90. The maximum absolute atomic E-state index is 12.2. The molecule has 9 heteroatoms. The summed E-state index contributed by atoms with van der Waals surface area (Å²) in [6, 6.07) is 14.3. The highest BCUT2D eigenvalue weighted by atomic mass is 32.2. The molecule has 1 atom stereocenters. The minimum Gasteiger partial charge on any atom is -0.445 e. The molecule has 2 aromatic carbocycles. The largest absolute Gasteiger partial charge is 0.445 e. The summed E-state index contributed by atoms with van der Waals surface area (Å²) >= 11 is 0. The molecule has 0 heterocycles. The molecule has 4 N–H and O–H groups in total. The van der Waals surface area contributed by atoms with Crippen molar-refractivity contribution >= 4 is 22.0 Å². The van der Waals surface area contributed by atoms with E-state index in [0.29, 0.717) is 0 Å². The van der Waals surface area contributed by atoms with Crippen molar-refractivity contribution in [2.24, 2.45) is 5.73 Å². The summed E-state index contributed by atoms with van der Waals surface area (Å²) in [5.74, 6) is -0.786. The molecule has 2 amide bonds. The normalized spacial score (nSPS) is 12.2. The highest BCUT2D eigenvalue weighted by Crippen LogP contribution is 2.10. The first-order valence-corrected chi connectivity index (χ1v) is 10.1. The number of carbonyl (C=O) groups excluding carboxylic acids is 2. The first-order valence-electron chi connectivity index (χ1n) is 8.61. The summed E-state index contributed by atoms with van der Waals surface area (Å²) in [6.45, 7) is 1.81. The van der Waals surface area contributed by atoms with Crippen molar-refractivity contribution in [2.45, 2.75) is 30.9 Å². The summed E-state index contributed by atoms with van der Waals surface area (Å²) in [7, 11) is -3.72. The van der Waals surface area contributed by atoms with Gasteiger partial charge in [0.05, 0.1) is 4.90 Å². The number of benzene rings is 2.